The number of carboxylic acids is 1. The highest BCUT2D eigenvalue weighted by atomic mass is 19.1. The third-order valence-electron chi connectivity index (χ3n) is 8.64. The van der Waals surface area contributed by atoms with Crippen LogP contribution in [0.5, 0.6) is 0 Å². The molecule has 2 unspecified atom stereocenters. The second kappa shape index (κ2) is 14.7. The lowest BCUT2D eigenvalue weighted by molar-refractivity contribution is -0.138. The van der Waals surface area contributed by atoms with Crippen molar-refractivity contribution >= 4 is 11.9 Å². The second-order valence-electron chi connectivity index (χ2n) is 13.1. The Kier molecular flexibility index (Phi) is 11.1. The fourth-order valence-electron chi connectivity index (χ4n) is 6.57. The van der Waals surface area contributed by atoms with E-state index >= 15 is 4.39 Å². The maximum Gasteiger partial charge on any atom is 0.305 e. The normalized spacial score (nSPS) is 16.5. The molecule has 3 aromatic rings. The van der Waals surface area contributed by atoms with Gasteiger partial charge in [-0.15, -0.1) is 0 Å². The summed E-state index contributed by atoms with van der Waals surface area (Å²) in [6.45, 7) is 12.5. The molecule has 1 aliphatic heterocycles. The van der Waals surface area contributed by atoms with Gasteiger partial charge in [-0.05, 0) is 104 Å². The number of aromatic nitrogens is 1. The van der Waals surface area contributed by atoms with Gasteiger partial charge < -0.3 is 19.9 Å². The van der Waals surface area contributed by atoms with Crippen molar-refractivity contribution in [2.24, 2.45) is 5.92 Å². The number of carbonyl (C=O) groups is 2. The minimum atomic E-state index is -1.27. The van der Waals surface area contributed by atoms with Crippen LogP contribution < -0.4 is 10.9 Å². The molecule has 2 N–H and O–H groups in total. The SMILES string of the molecule is Cc1cc(C)c(-c2cc(C)c(F)c([C@H](CC(=O)O)NC(=O)C(CC(C)C)n3cc(CCN4CCC(F)C4)cc(F)c3=O)c2)c(C)c1. The molecule has 0 spiro atoms. The molecule has 10 heteroatoms. The first kappa shape index (κ1) is 34.9. The fourth-order valence-corrected chi connectivity index (χ4v) is 6.57. The molecule has 0 radical (unpaired) electrons. The molecule has 7 nitrogen and oxygen atoms in total. The van der Waals surface area contributed by atoms with Crippen LogP contribution in [0.15, 0.2) is 41.3 Å². The van der Waals surface area contributed by atoms with Crippen molar-refractivity contribution in [1.82, 2.24) is 14.8 Å². The molecule has 1 fully saturated rings. The number of rotatable bonds is 12. The summed E-state index contributed by atoms with van der Waals surface area (Å²) in [6.07, 6.45) is 0.865. The van der Waals surface area contributed by atoms with Crippen LogP contribution in [0, 0.1) is 45.2 Å². The average molecular weight is 640 g/mol. The summed E-state index contributed by atoms with van der Waals surface area (Å²) in [5, 5.41) is 12.5. The summed E-state index contributed by atoms with van der Waals surface area (Å²) in [4.78, 5) is 41.0. The number of aliphatic carboxylic acids is 1. The van der Waals surface area contributed by atoms with Gasteiger partial charge in [0.25, 0.3) is 5.56 Å². The smallest absolute Gasteiger partial charge is 0.305 e. The van der Waals surface area contributed by atoms with Crippen molar-refractivity contribution in [2.45, 2.75) is 85.5 Å². The van der Waals surface area contributed by atoms with Gasteiger partial charge in [-0.25, -0.2) is 13.2 Å². The highest BCUT2D eigenvalue weighted by molar-refractivity contribution is 5.82. The van der Waals surface area contributed by atoms with Crippen LogP contribution in [0.3, 0.4) is 0 Å². The van der Waals surface area contributed by atoms with Gasteiger partial charge in [0, 0.05) is 31.4 Å². The topological polar surface area (TPSA) is 91.6 Å². The standard InChI is InChI=1S/C36H44F3N3O4/c1-20(2)11-31(42-18-25(15-29(38)36(42)46)7-9-41-10-8-27(37)19-41)35(45)40-30(17-32(43)44)28-16-26(14-24(6)34(28)39)33-22(4)12-21(3)13-23(33)5/h12-16,18,20,27,30-31H,7-11,17,19H2,1-6H3,(H,40,45)(H,43,44)/t27?,30-,31?/m0/s1. The molecule has 0 aliphatic carbocycles. The Morgan fingerprint density at radius 3 is 2.28 bits per heavy atom. The summed E-state index contributed by atoms with van der Waals surface area (Å²) in [5.41, 5.74) is 4.39. The van der Waals surface area contributed by atoms with Gasteiger partial charge in [0.15, 0.2) is 5.82 Å². The molecule has 1 saturated heterocycles. The molecule has 0 saturated carbocycles. The van der Waals surface area contributed by atoms with Gasteiger partial charge in [0.05, 0.1) is 12.5 Å². The van der Waals surface area contributed by atoms with E-state index in [1.807, 2.05) is 51.7 Å². The van der Waals surface area contributed by atoms with E-state index in [9.17, 15) is 28.3 Å². The number of amides is 1. The molecule has 46 heavy (non-hydrogen) atoms. The molecular weight excluding hydrogens is 595 g/mol. The predicted octanol–water partition coefficient (Wildman–Crippen LogP) is 6.53. The summed E-state index contributed by atoms with van der Waals surface area (Å²) in [6, 6.07) is 5.99. The quantitative estimate of drug-likeness (QED) is 0.235. The first-order valence-electron chi connectivity index (χ1n) is 15.8. The van der Waals surface area contributed by atoms with Crippen LogP contribution in [0.1, 0.15) is 78.6 Å². The Morgan fingerprint density at radius 1 is 1.02 bits per heavy atom. The maximum atomic E-state index is 15.8. The summed E-state index contributed by atoms with van der Waals surface area (Å²) in [5.74, 6) is -3.74. The van der Waals surface area contributed by atoms with E-state index in [4.69, 9.17) is 0 Å². The zero-order valence-corrected chi connectivity index (χ0v) is 27.4. The number of pyridine rings is 1. The van der Waals surface area contributed by atoms with Gasteiger partial charge >= 0.3 is 5.97 Å². The first-order chi connectivity index (χ1) is 21.6. The minimum absolute atomic E-state index is 0.0116. The van der Waals surface area contributed by atoms with Crippen LogP contribution in [0.4, 0.5) is 13.2 Å². The zero-order chi connectivity index (χ0) is 33.9. The lowest BCUT2D eigenvalue weighted by Crippen LogP contribution is -2.41. The number of nitrogens with zero attached hydrogens (tertiary/aromatic N) is 2. The van der Waals surface area contributed by atoms with E-state index < -0.39 is 53.7 Å². The van der Waals surface area contributed by atoms with Crippen LogP contribution in [-0.4, -0.2) is 52.3 Å². The zero-order valence-electron chi connectivity index (χ0n) is 27.4. The summed E-state index contributed by atoms with van der Waals surface area (Å²) < 4.78 is 45.5. The van der Waals surface area contributed by atoms with Crippen LogP contribution in [0.2, 0.25) is 0 Å². The number of hydrogen-bond acceptors (Lipinski definition) is 4. The van der Waals surface area contributed by atoms with Crippen molar-refractivity contribution in [1.29, 1.82) is 0 Å². The molecule has 0 bridgehead atoms. The van der Waals surface area contributed by atoms with E-state index in [1.54, 1.807) is 19.1 Å². The molecule has 1 amide bonds. The second-order valence-corrected chi connectivity index (χ2v) is 13.1. The Hall–Kier alpha value is -3.92. The summed E-state index contributed by atoms with van der Waals surface area (Å²) in [7, 11) is 0. The molecule has 1 aromatic heterocycles. The Bertz CT molecular complexity index is 1650. The number of benzene rings is 2. The number of carbonyl (C=O) groups excluding carboxylic acids is 1. The fraction of sp³-hybridized carbons (Fsp3) is 0.472. The van der Waals surface area contributed by atoms with E-state index in [0.29, 0.717) is 49.2 Å². The number of likely N-dealkylation sites (tertiary alicyclic amines) is 1. The summed E-state index contributed by atoms with van der Waals surface area (Å²) >= 11 is 0. The van der Waals surface area contributed by atoms with Crippen molar-refractivity contribution in [3.63, 3.8) is 0 Å². The third kappa shape index (κ3) is 8.26. The lowest BCUT2D eigenvalue weighted by Gasteiger charge is -2.26. The van der Waals surface area contributed by atoms with Crippen molar-refractivity contribution in [3.8, 4) is 11.1 Å². The number of aryl methyl sites for hydroxylation is 4. The van der Waals surface area contributed by atoms with Crippen LogP contribution in [-0.2, 0) is 16.0 Å². The molecular formula is C36H44F3N3O4. The van der Waals surface area contributed by atoms with E-state index in [-0.39, 0.29) is 17.9 Å². The van der Waals surface area contributed by atoms with Crippen LogP contribution >= 0.6 is 0 Å². The molecule has 1 aliphatic rings. The number of alkyl halides is 1. The largest absolute Gasteiger partial charge is 0.481 e. The molecule has 4 rings (SSSR count). The lowest BCUT2D eigenvalue weighted by atomic mass is 9.89. The van der Waals surface area contributed by atoms with Gasteiger partial charge in [-0.1, -0.05) is 31.5 Å². The Morgan fingerprint density at radius 2 is 1.70 bits per heavy atom. The number of carboxylic acid groups (broad SMARTS) is 1. The first-order valence-corrected chi connectivity index (χ1v) is 15.8. The third-order valence-corrected chi connectivity index (χ3v) is 8.64. The van der Waals surface area contributed by atoms with Crippen molar-refractivity contribution < 1.29 is 27.9 Å². The molecule has 3 atom stereocenters. The van der Waals surface area contributed by atoms with E-state index in [1.165, 1.54) is 6.20 Å². The highest BCUT2D eigenvalue weighted by Crippen LogP contribution is 2.34. The Balaban J connectivity index is 1.71. The Labute approximate surface area is 268 Å². The van der Waals surface area contributed by atoms with Gasteiger partial charge in [-0.2, -0.15) is 0 Å². The number of nitrogens with one attached hydrogen (secondary N) is 1. The van der Waals surface area contributed by atoms with E-state index in [2.05, 4.69) is 5.32 Å². The predicted molar refractivity (Wildman–Crippen MR) is 173 cm³/mol. The van der Waals surface area contributed by atoms with Crippen molar-refractivity contribution in [3.05, 3.63) is 91.9 Å². The van der Waals surface area contributed by atoms with Gasteiger partial charge in [0.1, 0.15) is 18.0 Å². The van der Waals surface area contributed by atoms with Crippen molar-refractivity contribution in [2.75, 3.05) is 19.6 Å². The molecule has 2 heterocycles. The number of hydrogen-bond donors (Lipinski definition) is 2. The van der Waals surface area contributed by atoms with E-state index in [0.717, 1.165) is 32.9 Å². The molecule has 2 aromatic carbocycles. The van der Waals surface area contributed by atoms with Gasteiger partial charge in [0.2, 0.25) is 5.91 Å². The molecule has 248 valence electrons. The highest BCUT2D eigenvalue weighted by Gasteiger charge is 2.30. The minimum Gasteiger partial charge on any atom is -0.481 e. The number of halogens is 3. The van der Waals surface area contributed by atoms with Crippen LogP contribution in [0.25, 0.3) is 11.1 Å². The monoisotopic (exact) mass is 639 g/mol. The average Bonchev–Trinajstić information content (AvgIpc) is 3.37. The van der Waals surface area contributed by atoms with Gasteiger partial charge in [-0.3, -0.25) is 14.4 Å². The maximum absolute atomic E-state index is 15.8.